The Balaban J connectivity index is 4.19. The van der Waals surface area contributed by atoms with E-state index in [1.54, 1.807) is 0 Å². The van der Waals surface area contributed by atoms with Crippen molar-refractivity contribution in [2.45, 2.75) is 50.6 Å². The first kappa shape index (κ1) is 23.8. The average Bonchev–Trinajstić information content (AvgIpc) is 2.43. The molecule has 2 unspecified atom stereocenters. The van der Waals surface area contributed by atoms with Crippen molar-refractivity contribution in [3.63, 3.8) is 0 Å². The second kappa shape index (κ2) is 10.7. The molecule has 0 aliphatic rings. The van der Waals surface area contributed by atoms with Gasteiger partial charge in [-0.2, -0.15) is 0 Å². The first-order valence-electron chi connectivity index (χ1n) is 9.21. The lowest BCUT2D eigenvalue weighted by Crippen LogP contribution is -2.48. The van der Waals surface area contributed by atoms with Gasteiger partial charge in [0, 0.05) is 0 Å². The molecule has 0 heterocycles. The standard InChI is InChI=1S/C18H38N4O3/c1-21(2,3)13-9-7-11-15(19)17(23)20-16(18(24)25)12-8-10-14-22(4,5)6/h15-16H,7-14,19H2,1-6H3/p+2. The molecule has 0 aromatic carbocycles. The van der Waals surface area contributed by atoms with Gasteiger partial charge in [-0.3, -0.25) is 4.79 Å². The molecule has 0 fully saturated rings. The molecule has 0 saturated heterocycles. The van der Waals surface area contributed by atoms with Crippen LogP contribution in [0.2, 0.25) is 0 Å². The number of hydrogen-bond acceptors (Lipinski definition) is 3. The molecule has 4 N–H and O–H groups in total. The Morgan fingerprint density at radius 2 is 1.32 bits per heavy atom. The van der Waals surface area contributed by atoms with E-state index in [2.05, 4.69) is 47.6 Å². The summed E-state index contributed by atoms with van der Waals surface area (Å²) in [5, 5.41) is 11.9. The number of carbonyl (C=O) groups is 2. The first-order valence-corrected chi connectivity index (χ1v) is 9.21. The number of nitrogens with two attached hydrogens (primary N) is 1. The van der Waals surface area contributed by atoms with Gasteiger partial charge in [-0.1, -0.05) is 0 Å². The van der Waals surface area contributed by atoms with Crippen LogP contribution in [0.5, 0.6) is 0 Å². The van der Waals surface area contributed by atoms with Gasteiger partial charge in [0.15, 0.2) is 0 Å². The minimum absolute atomic E-state index is 0.357. The highest BCUT2D eigenvalue weighted by Crippen LogP contribution is 2.07. The summed E-state index contributed by atoms with van der Waals surface area (Å²) < 4.78 is 1.73. The quantitative estimate of drug-likeness (QED) is 0.332. The number of carbonyl (C=O) groups excluding carboxylic acids is 1. The number of carboxylic acids is 1. The van der Waals surface area contributed by atoms with Crippen molar-refractivity contribution in [2.75, 3.05) is 55.4 Å². The maximum Gasteiger partial charge on any atom is 0.326 e. The lowest BCUT2D eigenvalue weighted by Gasteiger charge is -2.24. The number of quaternary nitrogens is 2. The zero-order valence-electron chi connectivity index (χ0n) is 17.0. The van der Waals surface area contributed by atoms with E-state index in [1.165, 1.54) is 0 Å². The third kappa shape index (κ3) is 13.8. The summed E-state index contributed by atoms with van der Waals surface area (Å²) in [6, 6.07) is -1.49. The molecule has 0 aliphatic heterocycles. The summed E-state index contributed by atoms with van der Waals surface area (Å²) in [5.41, 5.74) is 5.91. The predicted molar refractivity (Wildman–Crippen MR) is 101 cm³/mol. The fraction of sp³-hybridized carbons (Fsp3) is 0.889. The largest absolute Gasteiger partial charge is 0.480 e. The molecule has 0 bridgehead atoms. The fourth-order valence-corrected chi connectivity index (χ4v) is 2.55. The van der Waals surface area contributed by atoms with Gasteiger partial charge in [0.05, 0.1) is 61.4 Å². The highest BCUT2D eigenvalue weighted by molar-refractivity contribution is 5.86. The van der Waals surface area contributed by atoms with E-state index in [1.807, 2.05) is 0 Å². The normalized spacial score (nSPS) is 14.8. The number of nitrogens with zero attached hydrogens (tertiary/aromatic N) is 2. The lowest BCUT2D eigenvalue weighted by molar-refractivity contribution is -0.870. The van der Waals surface area contributed by atoms with Crippen LogP contribution in [0.25, 0.3) is 0 Å². The van der Waals surface area contributed by atoms with Gasteiger partial charge >= 0.3 is 5.97 Å². The lowest BCUT2D eigenvalue weighted by atomic mass is 10.1. The number of rotatable bonds is 13. The van der Waals surface area contributed by atoms with Gasteiger partial charge in [-0.05, 0) is 38.5 Å². The Kier molecular flexibility index (Phi) is 10.2. The Hall–Kier alpha value is -1.18. The number of aliphatic carboxylic acids is 1. The van der Waals surface area contributed by atoms with Crippen molar-refractivity contribution in [1.29, 1.82) is 0 Å². The van der Waals surface area contributed by atoms with Gasteiger partial charge in [-0.15, -0.1) is 0 Å². The van der Waals surface area contributed by atoms with E-state index >= 15 is 0 Å². The number of nitrogens with one attached hydrogen (secondary N) is 1. The third-order valence-electron chi connectivity index (χ3n) is 4.12. The summed E-state index contributed by atoms with van der Waals surface area (Å²) in [6.45, 7) is 2.00. The van der Waals surface area contributed by atoms with Crippen molar-refractivity contribution >= 4 is 11.9 Å². The molecule has 2 atom stereocenters. The molecular formula is C18H40N4O3+2. The number of amides is 1. The van der Waals surface area contributed by atoms with Crippen molar-refractivity contribution in [3.8, 4) is 0 Å². The molecule has 7 heteroatoms. The molecule has 0 spiro atoms. The van der Waals surface area contributed by atoms with Crippen LogP contribution in [0.1, 0.15) is 38.5 Å². The van der Waals surface area contributed by atoms with E-state index in [0.717, 1.165) is 47.7 Å². The van der Waals surface area contributed by atoms with E-state index in [4.69, 9.17) is 5.73 Å². The van der Waals surface area contributed by atoms with Crippen LogP contribution in [-0.2, 0) is 9.59 Å². The minimum atomic E-state index is -0.990. The third-order valence-corrected chi connectivity index (χ3v) is 4.12. The van der Waals surface area contributed by atoms with Crippen LogP contribution in [0.4, 0.5) is 0 Å². The molecule has 1 amide bonds. The molecule has 25 heavy (non-hydrogen) atoms. The molecule has 7 nitrogen and oxygen atoms in total. The van der Waals surface area contributed by atoms with Gasteiger partial charge in [0.1, 0.15) is 6.04 Å². The number of carboxylic acid groups (broad SMARTS) is 1. The molecule has 0 aliphatic carbocycles. The highest BCUT2D eigenvalue weighted by Gasteiger charge is 2.23. The van der Waals surface area contributed by atoms with Crippen LogP contribution in [0.3, 0.4) is 0 Å². The molecular weight excluding hydrogens is 320 g/mol. The molecule has 0 aromatic heterocycles. The number of unbranched alkanes of at least 4 members (excludes halogenated alkanes) is 2. The van der Waals surface area contributed by atoms with Crippen LogP contribution in [0, 0.1) is 0 Å². The van der Waals surface area contributed by atoms with Gasteiger partial charge in [0.25, 0.3) is 0 Å². The van der Waals surface area contributed by atoms with Gasteiger partial charge in [-0.25, -0.2) is 4.79 Å². The van der Waals surface area contributed by atoms with Crippen LogP contribution < -0.4 is 11.1 Å². The zero-order chi connectivity index (χ0) is 19.7. The highest BCUT2D eigenvalue weighted by atomic mass is 16.4. The van der Waals surface area contributed by atoms with Crippen molar-refractivity contribution in [2.24, 2.45) is 5.73 Å². The SMILES string of the molecule is C[N+](C)(C)CCCCC(N)C(=O)NC(CCCC[N+](C)(C)C)C(=O)O. The van der Waals surface area contributed by atoms with E-state index in [-0.39, 0.29) is 5.91 Å². The fourth-order valence-electron chi connectivity index (χ4n) is 2.55. The summed E-state index contributed by atoms with van der Waals surface area (Å²) in [4.78, 5) is 23.5. The maximum atomic E-state index is 12.1. The van der Waals surface area contributed by atoms with E-state index in [0.29, 0.717) is 12.8 Å². The molecule has 0 radical (unpaired) electrons. The second-order valence-electron chi connectivity index (χ2n) is 9.03. The van der Waals surface area contributed by atoms with Gasteiger partial charge in [0.2, 0.25) is 5.91 Å². The molecule has 0 aromatic rings. The number of hydrogen-bond donors (Lipinski definition) is 3. The Labute approximate surface area is 153 Å². The molecule has 148 valence electrons. The van der Waals surface area contributed by atoms with Crippen LogP contribution >= 0.6 is 0 Å². The van der Waals surface area contributed by atoms with Crippen LogP contribution in [0.15, 0.2) is 0 Å². The van der Waals surface area contributed by atoms with Crippen molar-refractivity contribution in [3.05, 3.63) is 0 Å². The summed E-state index contributed by atoms with van der Waals surface area (Å²) in [7, 11) is 12.7. The zero-order valence-corrected chi connectivity index (χ0v) is 17.0. The summed E-state index contributed by atoms with van der Waals surface area (Å²) >= 11 is 0. The van der Waals surface area contributed by atoms with Gasteiger partial charge < -0.3 is 25.1 Å². The Bertz CT molecular complexity index is 414. The monoisotopic (exact) mass is 360 g/mol. The van der Waals surface area contributed by atoms with E-state index in [9.17, 15) is 14.7 Å². The average molecular weight is 361 g/mol. The predicted octanol–water partition coefficient (Wildman–Crippen LogP) is 0.636. The van der Waals surface area contributed by atoms with Crippen molar-refractivity contribution < 1.29 is 23.7 Å². The topological polar surface area (TPSA) is 92.4 Å². The Morgan fingerprint density at radius 1 is 0.880 bits per heavy atom. The van der Waals surface area contributed by atoms with Crippen molar-refractivity contribution in [1.82, 2.24) is 5.32 Å². The maximum absolute atomic E-state index is 12.1. The summed E-state index contributed by atoms with van der Waals surface area (Å²) in [6.07, 6.45) is 4.59. The minimum Gasteiger partial charge on any atom is -0.480 e. The molecule has 0 saturated carbocycles. The molecule has 0 rings (SSSR count). The first-order chi connectivity index (χ1) is 11.3. The van der Waals surface area contributed by atoms with Crippen LogP contribution in [-0.4, -0.2) is 93.4 Å². The summed E-state index contributed by atoms with van der Waals surface area (Å²) in [5.74, 6) is -1.35. The van der Waals surface area contributed by atoms with E-state index < -0.39 is 18.1 Å². The second-order valence-corrected chi connectivity index (χ2v) is 9.03. The smallest absolute Gasteiger partial charge is 0.326 e. The Morgan fingerprint density at radius 3 is 1.72 bits per heavy atom.